The summed E-state index contributed by atoms with van der Waals surface area (Å²) in [4.78, 5) is 8.01. The van der Waals surface area contributed by atoms with Crippen LogP contribution in [0.4, 0.5) is 0 Å². The summed E-state index contributed by atoms with van der Waals surface area (Å²) in [5.41, 5.74) is 0.733. The SMILES string of the molecule is N#CCCN=C(NC#N)c1cccnc1. The number of amidine groups is 1. The zero-order valence-corrected chi connectivity index (χ0v) is 8.01. The van der Waals surface area contributed by atoms with E-state index in [2.05, 4.69) is 15.3 Å². The van der Waals surface area contributed by atoms with Crippen molar-refractivity contribution in [2.75, 3.05) is 6.54 Å². The van der Waals surface area contributed by atoms with Gasteiger partial charge in [0.15, 0.2) is 6.19 Å². The fourth-order valence-electron chi connectivity index (χ4n) is 0.976. The number of aromatic nitrogens is 1. The maximum absolute atomic E-state index is 8.53. The lowest BCUT2D eigenvalue weighted by atomic mass is 10.2. The second-order valence-corrected chi connectivity index (χ2v) is 2.62. The molecule has 1 aromatic rings. The molecule has 0 saturated heterocycles. The molecule has 0 spiro atoms. The molecule has 0 aliphatic rings. The minimum atomic E-state index is 0.330. The monoisotopic (exact) mass is 199 g/mol. The topological polar surface area (TPSA) is 84.9 Å². The smallest absolute Gasteiger partial charge is 0.182 e. The van der Waals surface area contributed by atoms with Crippen LogP contribution in [-0.4, -0.2) is 17.4 Å². The summed E-state index contributed by atoms with van der Waals surface area (Å²) >= 11 is 0. The molecule has 74 valence electrons. The van der Waals surface area contributed by atoms with Crippen molar-refractivity contribution in [3.63, 3.8) is 0 Å². The van der Waals surface area contributed by atoms with Gasteiger partial charge in [0.2, 0.25) is 0 Å². The van der Waals surface area contributed by atoms with Crippen molar-refractivity contribution in [3.8, 4) is 12.3 Å². The highest BCUT2D eigenvalue weighted by atomic mass is 15.0. The summed E-state index contributed by atoms with van der Waals surface area (Å²) in [5, 5.41) is 19.4. The molecule has 0 fully saturated rings. The van der Waals surface area contributed by atoms with E-state index in [0.717, 1.165) is 5.56 Å². The molecule has 1 aromatic heterocycles. The Morgan fingerprint density at radius 3 is 3.00 bits per heavy atom. The fraction of sp³-hybridized carbons (Fsp3) is 0.200. The quantitative estimate of drug-likeness (QED) is 0.256. The molecule has 1 heterocycles. The van der Waals surface area contributed by atoms with Crippen molar-refractivity contribution in [3.05, 3.63) is 30.1 Å². The van der Waals surface area contributed by atoms with E-state index >= 15 is 0 Å². The van der Waals surface area contributed by atoms with Crippen molar-refractivity contribution < 1.29 is 0 Å². The van der Waals surface area contributed by atoms with Crippen molar-refractivity contribution >= 4 is 5.84 Å². The van der Waals surface area contributed by atoms with Gasteiger partial charge in [0, 0.05) is 18.0 Å². The van der Waals surface area contributed by atoms with Gasteiger partial charge in [-0.3, -0.25) is 15.3 Å². The average molecular weight is 199 g/mol. The molecule has 15 heavy (non-hydrogen) atoms. The van der Waals surface area contributed by atoms with E-state index in [1.54, 1.807) is 30.7 Å². The third-order valence-corrected chi connectivity index (χ3v) is 1.60. The zero-order valence-electron chi connectivity index (χ0n) is 8.01. The maximum Gasteiger partial charge on any atom is 0.182 e. The van der Waals surface area contributed by atoms with E-state index in [4.69, 9.17) is 10.5 Å². The van der Waals surface area contributed by atoms with Crippen LogP contribution in [0.3, 0.4) is 0 Å². The van der Waals surface area contributed by atoms with Crippen LogP contribution in [0.2, 0.25) is 0 Å². The Labute approximate surface area is 87.7 Å². The molecule has 0 radical (unpaired) electrons. The molecule has 5 heteroatoms. The first-order valence-electron chi connectivity index (χ1n) is 4.35. The lowest BCUT2D eigenvalue weighted by Crippen LogP contribution is -2.19. The molecule has 0 bridgehead atoms. The zero-order chi connectivity index (χ0) is 10.9. The molecule has 1 rings (SSSR count). The number of hydrogen-bond acceptors (Lipinski definition) is 4. The number of nitriles is 2. The molecule has 0 amide bonds. The molecule has 1 N–H and O–H groups in total. The van der Waals surface area contributed by atoms with Crippen LogP contribution in [0.15, 0.2) is 29.5 Å². The Balaban J connectivity index is 2.80. The molecule has 0 aromatic carbocycles. The number of aliphatic imine (C=N–C) groups is 1. The minimum absolute atomic E-state index is 0.330. The summed E-state index contributed by atoms with van der Waals surface area (Å²) in [6.07, 6.45) is 5.38. The maximum atomic E-state index is 8.53. The Hall–Kier alpha value is -2.40. The lowest BCUT2D eigenvalue weighted by molar-refractivity contribution is 1.000. The molecule has 5 nitrogen and oxygen atoms in total. The van der Waals surface area contributed by atoms with Crippen molar-refractivity contribution in [2.24, 2.45) is 4.99 Å². The molecule has 0 unspecified atom stereocenters. The van der Waals surface area contributed by atoms with Gasteiger partial charge in [-0.25, -0.2) is 0 Å². The second kappa shape index (κ2) is 6.11. The minimum Gasteiger partial charge on any atom is -0.277 e. The summed E-state index contributed by atoms with van der Waals surface area (Å²) in [5.74, 6) is 0.445. The Morgan fingerprint density at radius 1 is 1.53 bits per heavy atom. The molecule has 0 aliphatic heterocycles. The van der Waals surface area contributed by atoms with Crippen LogP contribution in [-0.2, 0) is 0 Å². The Morgan fingerprint density at radius 2 is 2.40 bits per heavy atom. The van der Waals surface area contributed by atoms with Gasteiger partial charge >= 0.3 is 0 Å². The van der Waals surface area contributed by atoms with E-state index in [9.17, 15) is 0 Å². The largest absolute Gasteiger partial charge is 0.277 e. The van der Waals surface area contributed by atoms with Crippen LogP contribution >= 0.6 is 0 Å². The third-order valence-electron chi connectivity index (χ3n) is 1.60. The third kappa shape index (κ3) is 3.45. The van der Waals surface area contributed by atoms with Gasteiger partial charge in [0.05, 0.1) is 19.0 Å². The molecule has 0 atom stereocenters. The van der Waals surface area contributed by atoms with Crippen LogP contribution in [0, 0.1) is 22.8 Å². The molecular weight excluding hydrogens is 190 g/mol. The molecule has 0 aliphatic carbocycles. The van der Waals surface area contributed by atoms with E-state index in [1.165, 1.54) is 0 Å². The number of nitrogens with zero attached hydrogens (tertiary/aromatic N) is 4. The van der Waals surface area contributed by atoms with Crippen molar-refractivity contribution in [1.82, 2.24) is 10.3 Å². The lowest BCUT2D eigenvalue weighted by Gasteiger charge is -2.02. The predicted octanol–water partition coefficient (Wildman–Crippen LogP) is 0.813. The van der Waals surface area contributed by atoms with Gasteiger partial charge in [-0.1, -0.05) is 0 Å². The predicted molar refractivity (Wildman–Crippen MR) is 54.6 cm³/mol. The van der Waals surface area contributed by atoms with Gasteiger partial charge < -0.3 is 0 Å². The number of hydrogen-bond donors (Lipinski definition) is 1. The van der Waals surface area contributed by atoms with E-state index < -0.39 is 0 Å². The van der Waals surface area contributed by atoms with Crippen LogP contribution < -0.4 is 5.32 Å². The normalized spacial score (nSPS) is 10.1. The van der Waals surface area contributed by atoms with Crippen LogP contribution in [0.5, 0.6) is 0 Å². The highest BCUT2D eigenvalue weighted by Gasteiger charge is 2.00. The first-order valence-corrected chi connectivity index (χ1v) is 4.35. The van der Waals surface area contributed by atoms with E-state index in [-0.39, 0.29) is 0 Å². The van der Waals surface area contributed by atoms with Gasteiger partial charge in [0.25, 0.3) is 0 Å². The molecule has 0 saturated carbocycles. The number of nitrogens with one attached hydrogen (secondary N) is 1. The van der Waals surface area contributed by atoms with E-state index in [1.807, 2.05) is 6.07 Å². The number of pyridine rings is 1. The van der Waals surface area contributed by atoms with Gasteiger partial charge in [-0.15, -0.1) is 0 Å². The summed E-state index contributed by atoms with van der Waals surface area (Å²) in [6.45, 7) is 0.370. The Kier molecular flexibility index (Phi) is 4.35. The first kappa shape index (κ1) is 10.7. The summed E-state index contributed by atoms with van der Waals surface area (Å²) < 4.78 is 0. The average Bonchev–Trinajstić information content (AvgIpc) is 2.29. The highest BCUT2D eigenvalue weighted by molar-refractivity contribution is 5.99. The van der Waals surface area contributed by atoms with E-state index in [0.29, 0.717) is 18.8 Å². The van der Waals surface area contributed by atoms with Gasteiger partial charge in [-0.2, -0.15) is 10.5 Å². The van der Waals surface area contributed by atoms with Crippen molar-refractivity contribution in [2.45, 2.75) is 6.42 Å². The highest BCUT2D eigenvalue weighted by Crippen LogP contribution is 1.97. The van der Waals surface area contributed by atoms with Crippen LogP contribution in [0.1, 0.15) is 12.0 Å². The van der Waals surface area contributed by atoms with Gasteiger partial charge in [0.1, 0.15) is 5.84 Å². The second-order valence-electron chi connectivity index (χ2n) is 2.62. The summed E-state index contributed by atoms with van der Waals surface area (Å²) in [6, 6.07) is 5.54. The van der Waals surface area contributed by atoms with Crippen molar-refractivity contribution in [1.29, 1.82) is 10.5 Å². The van der Waals surface area contributed by atoms with Crippen LogP contribution in [0.25, 0.3) is 0 Å². The standard InChI is InChI=1S/C10H9N5/c11-4-2-6-14-10(15-8-12)9-3-1-5-13-7-9/h1,3,5,7H,2,6H2,(H,14,15). The Bertz CT molecular complexity index is 410. The van der Waals surface area contributed by atoms with Gasteiger partial charge in [-0.05, 0) is 12.1 Å². The first-order chi connectivity index (χ1) is 7.38. The summed E-state index contributed by atoms with van der Waals surface area (Å²) in [7, 11) is 0. The molecular formula is C10H9N5. The number of rotatable bonds is 3. The fourth-order valence-corrected chi connectivity index (χ4v) is 0.976.